The summed E-state index contributed by atoms with van der Waals surface area (Å²) in [4.78, 5) is 17.9. The third-order valence-electron chi connectivity index (χ3n) is 4.24. The molecule has 24 heavy (non-hydrogen) atoms. The lowest BCUT2D eigenvalue weighted by Gasteiger charge is -2.11. The molecule has 0 aliphatic carbocycles. The van der Waals surface area contributed by atoms with E-state index in [4.69, 9.17) is 14.3 Å². The van der Waals surface area contributed by atoms with E-state index in [-0.39, 0.29) is 0 Å². The van der Waals surface area contributed by atoms with Crippen LogP contribution in [0.2, 0.25) is 0 Å². The Morgan fingerprint density at radius 3 is 1.88 bits per heavy atom. The van der Waals surface area contributed by atoms with Crippen molar-refractivity contribution in [1.82, 2.24) is 0 Å². The smallest absolute Gasteiger partial charge is 0.404 e. The van der Waals surface area contributed by atoms with E-state index < -0.39 is 7.82 Å². The molecule has 0 unspecified atom stereocenters. The van der Waals surface area contributed by atoms with Gasteiger partial charge in [0.15, 0.2) is 0 Å². The van der Waals surface area contributed by atoms with Crippen molar-refractivity contribution in [3.8, 4) is 5.75 Å². The number of para-hydroxylation sites is 1. The number of benzene rings is 1. The van der Waals surface area contributed by atoms with Crippen LogP contribution in [0.15, 0.2) is 24.3 Å². The standard InChI is InChI=1S/C19H33O4P/c1-2-3-4-5-6-7-8-9-10-11-12-15-18-16-13-14-17-19(18)23-24(20,21)22/h13-14,16-17H,2-12,15H2,1H3,(H2,20,21,22). The number of phosphoric acid groups is 1. The molecule has 1 aromatic rings. The van der Waals surface area contributed by atoms with E-state index in [2.05, 4.69) is 6.92 Å². The van der Waals surface area contributed by atoms with Gasteiger partial charge in [-0.25, -0.2) is 4.57 Å². The zero-order valence-electron chi connectivity index (χ0n) is 15.0. The number of aryl methyl sites for hydroxylation is 1. The summed E-state index contributed by atoms with van der Waals surface area (Å²) in [5.74, 6) is 0.304. The van der Waals surface area contributed by atoms with Crippen molar-refractivity contribution >= 4 is 7.82 Å². The van der Waals surface area contributed by atoms with Crippen LogP contribution in [0, 0.1) is 0 Å². The van der Waals surface area contributed by atoms with Gasteiger partial charge in [-0.05, 0) is 24.5 Å². The van der Waals surface area contributed by atoms with Crippen molar-refractivity contribution < 1.29 is 18.9 Å². The lowest BCUT2D eigenvalue weighted by Crippen LogP contribution is -1.95. The molecule has 0 fully saturated rings. The molecule has 2 N–H and O–H groups in total. The maximum Gasteiger partial charge on any atom is 0.524 e. The molecule has 0 amide bonds. The number of hydrogen-bond acceptors (Lipinski definition) is 2. The molecule has 0 spiro atoms. The Kier molecular flexibility index (Phi) is 11.1. The SMILES string of the molecule is CCCCCCCCCCCCCc1ccccc1OP(=O)(O)O. The Bertz CT molecular complexity index is 484. The fourth-order valence-electron chi connectivity index (χ4n) is 2.91. The van der Waals surface area contributed by atoms with Crippen LogP contribution in [0.4, 0.5) is 0 Å². The summed E-state index contributed by atoms with van der Waals surface area (Å²) >= 11 is 0. The topological polar surface area (TPSA) is 66.8 Å². The lowest BCUT2D eigenvalue weighted by molar-refractivity contribution is 0.282. The van der Waals surface area contributed by atoms with E-state index in [0.29, 0.717) is 5.75 Å². The van der Waals surface area contributed by atoms with Gasteiger partial charge in [-0.3, -0.25) is 9.79 Å². The van der Waals surface area contributed by atoms with E-state index in [0.717, 1.165) is 24.8 Å². The van der Waals surface area contributed by atoms with E-state index in [1.165, 1.54) is 57.8 Å². The van der Waals surface area contributed by atoms with Crippen molar-refractivity contribution in [2.24, 2.45) is 0 Å². The van der Waals surface area contributed by atoms with Gasteiger partial charge in [-0.15, -0.1) is 0 Å². The summed E-state index contributed by atoms with van der Waals surface area (Å²) in [6, 6.07) is 7.10. The second-order valence-electron chi connectivity index (χ2n) is 6.48. The molecule has 0 aliphatic rings. The van der Waals surface area contributed by atoms with Gasteiger partial charge in [-0.1, -0.05) is 89.3 Å². The molecule has 0 saturated carbocycles. The monoisotopic (exact) mass is 356 g/mol. The highest BCUT2D eigenvalue weighted by Crippen LogP contribution is 2.39. The highest BCUT2D eigenvalue weighted by atomic mass is 31.2. The minimum atomic E-state index is -4.48. The highest BCUT2D eigenvalue weighted by molar-refractivity contribution is 7.46. The largest absolute Gasteiger partial charge is 0.524 e. The Morgan fingerprint density at radius 1 is 0.833 bits per heavy atom. The van der Waals surface area contributed by atoms with E-state index >= 15 is 0 Å². The van der Waals surface area contributed by atoms with E-state index in [9.17, 15) is 4.57 Å². The molecule has 1 aromatic carbocycles. The van der Waals surface area contributed by atoms with Gasteiger partial charge >= 0.3 is 7.82 Å². The van der Waals surface area contributed by atoms with Crippen LogP contribution in [0.5, 0.6) is 5.75 Å². The van der Waals surface area contributed by atoms with Gasteiger partial charge in [0.1, 0.15) is 5.75 Å². The number of hydrogen-bond donors (Lipinski definition) is 2. The van der Waals surface area contributed by atoms with Gasteiger partial charge in [0.25, 0.3) is 0 Å². The Hall–Kier alpha value is -0.830. The van der Waals surface area contributed by atoms with Crippen LogP contribution in [0.1, 0.15) is 83.1 Å². The van der Waals surface area contributed by atoms with Crippen LogP contribution in [0.25, 0.3) is 0 Å². The first kappa shape index (κ1) is 21.2. The quantitative estimate of drug-likeness (QED) is 0.316. The minimum absolute atomic E-state index is 0.304. The summed E-state index contributed by atoms with van der Waals surface area (Å²) < 4.78 is 15.7. The van der Waals surface area contributed by atoms with Crippen LogP contribution >= 0.6 is 7.82 Å². The second kappa shape index (κ2) is 12.5. The average molecular weight is 356 g/mol. The maximum atomic E-state index is 11.0. The first-order valence-corrected chi connectivity index (χ1v) is 10.9. The average Bonchev–Trinajstić information content (AvgIpc) is 2.52. The lowest BCUT2D eigenvalue weighted by atomic mass is 10.0. The summed E-state index contributed by atoms with van der Waals surface area (Å²) in [5, 5.41) is 0. The Balaban J connectivity index is 2.10. The van der Waals surface area contributed by atoms with Gasteiger partial charge < -0.3 is 4.52 Å². The third-order valence-corrected chi connectivity index (χ3v) is 4.67. The van der Waals surface area contributed by atoms with E-state index in [1.54, 1.807) is 12.1 Å². The fourth-order valence-corrected chi connectivity index (χ4v) is 3.34. The predicted octanol–water partition coefficient (Wildman–Crippen LogP) is 6.01. The van der Waals surface area contributed by atoms with Gasteiger partial charge in [0.2, 0.25) is 0 Å². The van der Waals surface area contributed by atoms with Gasteiger partial charge in [0, 0.05) is 0 Å². The molecular weight excluding hydrogens is 323 g/mol. The Morgan fingerprint density at radius 2 is 1.33 bits per heavy atom. The van der Waals surface area contributed by atoms with Crippen LogP contribution < -0.4 is 4.52 Å². The predicted molar refractivity (Wildman–Crippen MR) is 99.3 cm³/mol. The molecular formula is C19H33O4P. The van der Waals surface area contributed by atoms with Crippen molar-refractivity contribution in [3.63, 3.8) is 0 Å². The molecule has 0 saturated heterocycles. The first-order valence-electron chi connectivity index (χ1n) is 9.36. The molecule has 0 aromatic heterocycles. The molecule has 4 nitrogen and oxygen atoms in total. The highest BCUT2D eigenvalue weighted by Gasteiger charge is 2.17. The van der Waals surface area contributed by atoms with Crippen LogP contribution in [0.3, 0.4) is 0 Å². The first-order chi connectivity index (χ1) is 11.5. The Labute approximate surface area is 146 Å². The summed E-state index contributed by atoms with van der Waals surface area (Å²) in [6.07, 6.45) is 15.0. The fraction of sp³-hybridized carbons (Fsp3) is 0.684. The zero-order valence-corrected chi connectivity index (χ0v) is 15.8. The number of phosphoric ester groups is 1. The number of rotatable bonds is 14. The normalized spacial score (nSPS) is 11.6. The summed E-state index contributed by atoms with van der Waals surface area (Å²) in [7, 11) is -4.48. The molecule has 0 aliphatic heterocycles. The van der Waals surface area contributed by atoms with Crippen LogP contribution in [-0.4, -0.2) is 9.79 Å². The maximum absolute atomic E-state index is 11.0. The van der Waals surface area contributed by atoms with Crippen molar-refractivity contribution in [2.45, 2.75) is 84.0 Å². The van der Waals surface area contributed by atoms with Gasteiger partial charge in [0.05, 0.1) is 0 Å². The molecule has 1 rings (SSSR count). The minimum Gasteiger partial charge on any atom is -0.404 e. The van der Waals surface area contributed by atoms with Crippen molar-refractivity contribution in [2.75, 3.05) is 0 Å². The molecule has 138 valence electrons. The number of unbranched alkanes of at least 4 members (excludes halogenated alkanes) is 10. The van der Waals surface area contributed by atoms with E-state index in [1.807, 2.05) is 12.1 Å². The second-order valence-corrected chi connectivity index (χ2v) is 7.64. The molecule has 0 bridgehead atoms. The van der Waals surface area contributed by atoms with Crippen molar-refractivity contribution in [1.29, 1.82) is 0 Å². The van der Waals surface area contributed by atoms with Crippen molar-refractivity contribution in [3.05, 3.63) is 29.8 Å². The van der Waals surface area contributed by atoms with Gasteiger partial charge in [-0.2, -0.15) is 0 Å². The summed E-state index contributed by atoms with van der Waals surface area (Å²) in [5.41, 5.74) is 0.872. The summed E-state index contributed by atoms with van der Waals surface area (Å²) in [6.45, 7) is 2.25. The molecule has 0 atom stereocenters. The zero-order chi connectivity index (χ0) is 17.7. The third kappa shape index (κ3) is 10.9. The van der Waals surface area contributed by atoms with Crippen LogP contribution in [-0.2, 0) is 11.0 Å². The molecule has 0 radical (unpaired) electrons. The molecule has 0 heterocycles. The molecule has 5 heteroatoms.